The lowest BCUT2D eigenvalue weighted by molar-refractivity contribution is -0.127. The summed E-state index contributed by atoms with van der Waals surface area (Å²) >= 11 is 0. The maximum atomic E-state index is 11.5. The van der Waals surface area contributed by atoms with Crippen molar-refractivity contribution in [1.82, 2.24) is 20.5 Å². The van der Waals surface area contributed by atoms with Gasteiger partial charge in [-0.15, -0.1) is 0 Å². The van der Waals surface area contributed by atoms with Crippen molar-refractivity contribution in [2.75, 3.05) is 27.2 Å². The van der Waals surface area contributed by atoms with Gasteiger partial charge in [-0.1, -0.05) is 6.07 Å². The quantitative estimate of drug-likeness (QED) is 0.608. The number of pyridine rings is 1. The molecule has 0 unspecified atom stereocenters. The van der Waals surface area contributed by atoms with Crippen molar-refractivity contribution in [3.8, 4) is 0 Å². The summed E-state index contributed by atoms with van der Waals surface area (Å²) in [4.78, 5) is 21.9. The number of nitrogens with one attached hydrogen (secondary N) is 2. The molecule has 0 saturated heterocycles. The molecule has 0 spiro atoms. The Morgan fingerprint density at radius 1 is 1.35 bits per heavy atom. The predicted octanol–water partition coefficient (Wildman–Crippen LogP) is 0.533. The van der Waals surface area contributed by atoms with E-state index in [0.29, 0.717) is 12.5 Å². The number of aryl methyl sites for hydroxylation is 1. The van der Waals surface area contributed by atoms with Crippen LogP contribution in [0.15, 0.2) is 23.2 Å². The molecule has 20 heavy (non-hydrogen) atoms. The lowest BCUT2D eigenvalue weighted by Crippen LogP contribution is -2.42. The third-order valence-electron chi connectivity index (χ3n) is 2.60. The van der Waals surface area contributed by atoms with E-state index >= 15 is 0 Å². The summed E-state index contributed by atoms with van der Waals surface area (Å²) in [6.07, 6.45) is 0. The van der Waals surface area contributed by atoms with Gasteiger partial charge < -0.3 is 15.5 Å². The molecule has 1 amide bonds. The van der Waals surface area contributed by atoms with Gasteiger partial charge in [0, 0.05) is 26.3 Å². The molecule has 1 aromatic heterocycles. The second-order valence-corrected chi connectivity index (χ2v) is 4.61. The smallest absolute Gasteiger partial charge is 0.241 e. The zero-order valence-corrected chi connectivity index (χ0v) is 12.6. The van der Waals surface area contributed by atoms with Crippen molar-refractivity contribution in [1.29, 1.82) is 0 Å². The van der Waals surface area contributed by atoms with E-state index in [4.69, 9.17) is 0 Å². The highest BCUT2D eigenvalue weighted by molar-refractivity contribution is 5.86. The zero-order chi connectivity index (χ0) is 15.0. The molecule has 0 aliphatic heterocycles. The van der Waals surface area contributed by atoms with Gasteiger partial charge >= 0.3 is 0 Å². The summed E-state index contributed by atoms with van der Waals surface area (Å²) in [6.45, 7) is 5.37. The van der Waals surface area contributed by atoms with Crippen LogP contribution in [0.4, 0.5) is 0 Å². The Balaban J connectivity index is 2.60. The van der Waals surface area contributed by atoms with E-state index in [-0.39, 0.29) is 12.5 Å². The van der Waals surface area contributed by atoms with Gasteiger partial charge in [0.05, 0.1) is 18.8 Å². The number of likely N-dealkylation sites (N-methyl/N-ethyl adjacent to an activating group) is 1. The molecule has 0 radical (unpaired) electrons. The van der Waals surface area contributed by atoms with Gasteiger partial charge in [-0.25, -0.2) is 4.99 Å². The molecule has 0 atom stereocenters. The Morgan fingerprint density at radius 2 is 2.10 bits per heavy atom. The second kappa shape index (κ2) is 8.14. The van der Waals surface area contributed by atoms with Crippen LogP contribution in [0.2, 0.25) is 0 Å². The van der Waals surface area contributed by atoms with Crippen LogP contribution in [-0.2, 0) is 11.3 Å². The summed E-state index contributed by atoms with van der Waals surface area (Å²) < 4.78 is 0. The monoisotopic (exact) mass is 277 g/mol. The Labute approximate surface area is 120 Å². The first-order valence-corrected chi connectivity index (χ1v) is 6.67. The van der Waals surface area contributed by atoms with Gasteiger partial charge in [0.15, 0.2) is 5.96 Å². The highest BCUT2D eigenvalue weighted by atomic mass is 16.2. The fraction of sp³-hybridized carbons (Fsp3) is 0.500. The standard InChI is InChI=1S/C14H23N5O/c1-5-15-14(17-10-13(20)19(3)4)16-9-12-8-6-7-11(2)18-12/h6-8H,5,9-10H2,1-4H3,(H2,15,16,17). The SMILES string of the molecule is CCNC(=NCc1cccc(C)n1)NCC(=O)N(C)C. The third kappa shape index (κ3) is 5.69. The molecule has 1 rings (SSSR count). The number of aromatic nitrogens is 1. The molecule has 1 aromatic rings. The van der Waals surface area contributed by atoms with Crippen molar-refractivity contribution in [2.24, 2.45) is 4.99 Å². The first-order chi connectivity index (χ1) is 9.52. The molecule has 0 aliphatic carbocycles. The fourth-order valence-corrected chi connectivity index (χ4v) is 1.51. The van der Waals surface area contributed by atoms with Gasteiger partial charge in [0.2, 0.25) is 5.91 Å². The Hall–Kier alpha value is -2.11. The van der Waals surface area contributed by atoms with Crippen molar-refractivity contribution in [3.63, 3.8) is 0 Å². The highest BCUT2D eigenvalue weighted by Gasteiger charge is 2.05. The lowest BCUT2D eigenvalue weighted by Gasteiger charge is -2.14. The zero-order valence-electron chi connectivity index (χ0n) is 12.6. The Morgan fingerprint density at radius 3 is 2.70 bits per heavy atom. The van der Waals surface area contributed by atoms with Gasteiger partial charge in [-0.2, -0.15) is 0 Å². The number of hydrogen-bond acceptors (Lipinski definition) is 3. The number of hydrogen-bond donors (Lipinski definition) is 2. The Kier molecular flexibility index (Phi) is 6.49. The maximum Gasteiger partial charge on any atom is 0.241 e. The average molecular weight is 277 g/mol. The van der Waals surface area contributed by atoms with E-state index in [1.807, 2.05) is 32.0 Å². The minimum Gasteiger partial charge on any atom is -0.357 e. The molecule has 2 N–H and O–H groups in total. The van der Waals surface area contributed by atoms with Crippen molar-refractivity contribution >= 4 is 11.9 Å². The van der Waals surface area contributed by atoms with E-state index in [0.717, 1.165) is 17.9 Å². The number of carbonyl (C=O) groups is 1. The molecule has 0 aliphatic rings. The number of rotatable bonds is 5. The van der Waals surface area contributed by atoms with Crippen LogP contribution in [0.1, 0.15) is 18.3 Å². The molecule has 6 nitrogen and oxygen atoms in total. The molecule has 110 valence electrons. The summed E-state index contributed by atoms with van der Waals surface area (Å²) in [7, 11) is 3.45. The summed E-state index contributed by atoms with van der Waals surface area (Å²) in [5.41, 5.74) is 1.87. The van der Waals surface area contributed by atoms with E-state index in [9.17, 15) is 4.79 Å². The molecule has 0 saturated carbocycles. The van der Waals surface area contributed by atoms with Crippen LogP contribution in [0, 0.1) is 6.92 Å². The normalized spacial score (nSPS) is 11.1. The van der Waals surface area contributed by atoms with E-state index in [1.165, 1.54) is 0 Å². The Bertz CT molecular complexity index is 470. The minimum absolute atomic E-state index is 0.00397. The number of carbonyl (C=O) groups excluding carboxylic acids is 1. The number of aliphatic imine (C=N–C) groups is 1. The number of nitrogens with zero attached hydrogens (tertiary/aromatic N) is 3. The number of guanidine groups is 1. The first-order valence-electron chi connectivity index (χ1n) is 6.67. The largest absolute Gasteiger partial charge is 0.357 e. The third-order valence-corrected chi connectivity index (χ3v) is 2.60. The fourth-order valence-electron chi connectivity index (χ4n) is 1.51. The van der Waals surface area contributed by atoms with E-state index in [2.05, 4.69) is 20.6 Å². The van der Waals surface area contributed by atoms with Crippen LogP contribution < -0.4 is 10.6 Å². The molecule has 1 heterocycles. The van der Waals surface area contributed by atoms with E-state index in [1.54, 1.807) is 19.0 Å². The highest BCUT2D eigenvalue weighted by Crippen LogP contribution is 1.99. The molecule has 0 fully saturated rings. The van der Waals surface area contributed by atoms with Crippen molar-refractivity contribution in [3.05, 3.63) is 29.6 Å². The van der Waals surface area contributed by atoms with Crippen LogP contribution in [-0.4, -0.2) is 48.9 Å². The predicted molar refractivity (Wildman–Crippen MR) is 80.5 cm³/mol. The molecule has 6 heteroatoms. The molecule has 0 bridgehead atoms. The van der Waals surface area contributed by atoms with Gasteiger partial charge in [0.25, 0.3) is 0 Å². The topological polar surface area (TPSA) is 69.6 Å². The second-order valence-electron chi connectivity index (χ2n) is 4.61. The van der Waals surface area contributed by atoms with Crippen LogP contribution in [0.25, 0.3) is 0 Å². The van der Waals surface area contributed by atoms with Crippen molar-refractivity contribution in [2.45, 2.75) is 20.4 Å². The maximum absolute atomic E-state index is 11.5. The average Bonchev–Trinajstić information content (AvgIpc) is 2.41. The van der Waals surface area contributed by atoms with Crippen LogP contribution in [0.3, 0.4) is 0 Å². The van der Waals surface area contributed by atoms with Gasteiger partial charge in [0.1, 0.15) is 0 Å². The van der Waals surface area contributed by atoms with Gasteiger partial charge in [-0.05, 0) is 26.0 Å². The van der Waals surface area contributed by atoms with Gasteiger partial charge in [-0.3, -0.25) is 9.78 Å². The van der Waals surface area contributed by atoms with Crippen molar-refractivity contribution < 1.29 is 4.79 Å². The first kappa shape index (κ1) is 15.9. The molecule has 0 aromatic carbocycles. The van der Waals surface area contributed by atoms with E-state index < -0.39 is 0 Å². The molecular weight excluding hydrogens is 254 g/mol. The summed E-state index contributed by atoms with van der Waals surface area (Å²) in [5.74, 6) is 0.621. The lowest BCUT2D eigenvalue weighted by atomic mass is 10.3. The number of amides is 1. The summed E-state index contributed by atoms with van der Waals surface area (Å²) in [6, 6.07) is 5.85. The summed E-state index contributed by atoms with van der Waals surface area (Å²) in [5, 5.41) is 6.11. The van der Waals surface area contributed by atoms with Crippen LogP contribution >= 0.6 is 0 Å². The van der Waals surface area contributed by atoms with Crippen LogP contribution in [0.5, 0.6) is 0 Å². The molecular formula is C14H23N5O. The minimum atomic E-state index is 0.00397.